The third-order valence-electron chi connectivity index (χ3n) is 2.72. The molecule has 0 saturated carbocycles. The fraction of sp³-hybridized carbons (Fsp3) is 0.308. The first-order valence-corrected chi connectivity index (χ1v) is 7.07. The Hall–Kier alpha value is -1.68. The Labute approximate surface area is 136 Å². The smallest absolute Gasteiger partial charge is 0.338 e. The zero-order chi connectivity index (χ0) is 16.0. The van der Waals surface area contributed by atoms with Gasteiger partial charge in [-0.05, 0) is 46.9 Å². The number of likely N-dealkylation sites (N-methyl/N-ethyl adjacent to an activating group) is 1. The van der Waals surface area contributed by atoms with E-state index >= 15 is 0 Å². The van der Waals surface area contributed by atoms with Gasteiger partial charge in [-0.25, -0.2) is 10.2 Å². The van der Waals surface area contributed by atoms with Crippen molar-refractivity contribution in [2.45, 2.75) is 6.04 Å². The average molecular weight is 405 g/mol. The predicted octanol–water partition coefficient (Wildman–Crippen LogP) is 0.155. The molecule has 8 heteroatoms. The Kier molecular flexibility index (Phi) is 6.56. The van der Waals surface area contributed by atoms with Crippen LogP contribution in [-0.4, -0.2) is 49.9 Å². The van der Waals surface area contributed by atoms with Crippen molar-refractivity contribution in [3.05, 3.63) is 33.4 Å². The lowest BCUT2D eigenvalue weighted by atomic mass is 10.1. The minimum absolute atomic E-state index is 0.379. The van der Waals surface area contributed by atoms with E-state index in [0.717, 1.165) is 15.6 Å². The number of esters is 1. The van der Waals surface area contributed by atoms with Gasteiger partial charge in [-0.3, -0.25) is 15.0 Å². The summed E-state index contributed by atoms with van der Waals surface area (Å²) in [6.45, 7) is 0. The van der Waals surface area contributed by atoms with Crippen molar-refractivity contribution in [2.24, 2.45) is 0 Å². The number of hydrogen-bond donors (Lipinski definition) is 2. The third kappa shape index (κ3) is 4.39. The van der Waals surface area contributed by atoms with E-state index in [9.17, 15) is 14.4 Å². The van der Waals surface area contributed by atoms with Gasteiger partial charge in [0.05, 0.1) is 7.11 Å². The normalized spacial score (nSPS) is 11.4. The quantitative estimate of drug-likeness (QED) is 0.315. The van der Waals surface area contributed by atoms with Crippen molar-refractivity contribution >= 4 is 40.4 Å². The van der Waals surface area contributed by atoms with Gasteiger partial charge in [-0.1, -0.05) is 0 Å². The summed E-state index contributed by atoms with van der Waals surface area (Å²) in [5, 5.41) is 0. The summed E-state index contributed by atoms with van der Waals surface area (Å²) < 4.78 is 5.56. The third-order valence-corrected chi connectivity index (χ3v) is 3.44. The van der Waals surface area contributed by atoms with E-state index in [-0.39, 0.29) is 0 Å². The lowest BCUT2D eigenvalue weighted by Crippen LogP contribution is -2.54. The number of hydrogen-bond acceptors (Lipinski definition) is 5. The largest absolute Gasteiger partial charge is 0.467 e. The van der Waals surface area contributed by atoms with Gasteiger partial charge in [0.2, 0.25) is 6.04 Å². The first kappa shape index (κ1) is 17.4. The van der Waals surface area contributed by atoms with Crippen LogP contribution in [0, 0.1) is 3.57 Å². The Balaban J connectivity index is 3.01. The molecule has 2 amide bonds. The van der Waals surface area contributed by atoms with Gasteiger partial charge in [0.1, 0.15) is 0 Å². The number of ether oxygens (including phenoxy) is 1. The summed E-state index contributed by atoms with van der Waals surface area (Å²) in [5.74, 6) is -1.94. The summed E-state index contributed by atoms with van der Waals surface area (Å²) in [4.78, 5) is 37.0. The standard InChI is InChI=1S/C13H16IN3O4/c1-15-16-11(18)10(13(20)21-3)17(2)12(19)8-4-6-9(14)7-5-8/h4-7,10,15H,1-3H3,(H,16,18). The van der Waals surface area contributed by atoms with E-state index in [0.29, 0.717) is 5.56 Å². The number of nitrogens with zero attached hydrogens (tertiary/aromatic N) is 1. The molecule has 0 radical (unpaired) electrons. The molecule has 0 aliphatic carbocycles. The Morgan fingerprint density at radius 3 is 2.29 bits per heavy atom. The predicted molar refractivity (Wildman–Crippen MR) is 84.3 cm³/mol. The average Bonchev–Trinajstić information content (AvgIpc) is 2.47. The van der Waals surface area contributed by atoms with E-state index < -0.39 is 23.8 Å². The first-order valence-electron chi connectivity index (χ1n) is 5.99. The molecule has 0 heterocycles. The minimum atomic E-state index is -1.37. The van der Waals surface area contributed by atoms with Gasteiger partial charge >= 0.3 is 5.97 Å². The topological polar surface area (TPSA) is 87.7 Å². The van der Waals surface area contributed by atoms with Crippen molar-refractivity contribution in [3.63, 3.8) is 0 Å². The number of nitrogens with one attached hydrogen (secondary N) is 2. The van der Waals surface area contributed by atoms with Crippen LogP contribution in [0.3, 0.4) is 0 Å². The van der Waals surface area contributed by atoms with E-state index in [1.165, 1.54) is 14.1 Å². The number of carbonyl (C=O) groups excluding carboxylic acids is 3. The molecule has 1 unspecified atom stereocenters. The number of hydrazine groups is 1. The molecule has 0 spiro atoms. The van der Waals surface area contributed by atoms with Gasteiger partial charge < -0.3 is 9.64 Å². The molecule has 1 rings (SSSR count). The maximum Gasteiger partial charge on any atom is 0.338 e. The van der Waals surface area contributed by atoms with Crippen molar-refractivity contribution in [3.8, 4) is 0 Å². The summed E-state index contributed by atoms with van der Waals surface area (Å²) in [6.07, 6.45) is 0. The fourth-order valence-electron chi connectivity index (χ4n) is 1.66. The molecule has 21 heavy (non-hydrogen) atoms. The second kappa shape index (κ2) is 7.93. The van der Waals surface area contributed by atoms with E-state index in [4.69, 9.17) is 0 Å². The second-order valence-corrected chi connectivity index (χ2v) is 5.33. The number of methoxy groups -OCH3 is 1. The summed E-state index contributed by atoms with van der Waals surface area (Å²) in [5.41, 5.74) is 5.07. The Morgan fingerprint density at radius 1 is 1.24 bits per heavy atom. The van der Waals surface area contributed by atoms with Gasteiger partial charge in [0.25, 0.3) is 11.8 Å². The highest BCUT2D eigenvalue weighted by Gasteiger charge is 2.34. The maximum absolute atomic E-state index is 12.3. The molecule has 0 aliphatic rings. The molecule has 7 nitrogen and oxygen atoms in total. The number of rotatable bonds is 5. The summed E-state index contributed by atoms with van der Waals surface area (Å²) in [7, 11) is 4.01. The highest BCUT2D eigenvalue weighted by atomic mass is 127. The Morgan fingerprint density at radius 2 is 1.81 bits per heavy atom. The zero-order valence-electron chi connectivity index (χ0n) is 11.8. The highest BCUT2D eigenvalue weighted by Crippen LogP contribution is 2.11. The van der Waals surface area contributed by atoms with Crippen LogP contribution in [0.25, 0.3) is 0 Å². The fourth-order valence-corrected chi connectivity index (χ4v) is 2.02. The molecule has 1 aromatic carbocycles. The van der Waals surface area contributed by atoms with Crippen LogP contribution in [0.4, 0.5) is 0 Å². The minimum Gasteiger partial charge on any atom is -0.467 e. The molecule has 0 aliphatic heterocycles. The molecule has 0 saturated heterocycles. The lowest BCUT2D eigenvalue weighted by Gasteiger charge is -2.25. The second-order valence-electron chi connectivity index (χ2n) is 4.09. The highest BCUT2D eigenvalue weighted by molar-refractivity contribution is 14.1. The van der Waals surface area contributed by atoms with Crippen LogP contribution in [-0.2, 0) is 14.3 Å². The number of halogens is 1. The number of benzene rings is 1. The molecule has 0 fully saturated rings. The Bertz CT molecular complexity index is 533. The van der Waals surface area contributed by atoms with Crippen molar-refractivity contribution in [1.29, 1.82) is 0 Å². The van der Waals surface area contributed by atoms with Gasteiger partial charge in [-0.15, -0.1) is 0 Å². The van der Waals surface area contributed by atoms with Crippen LogP contribution in [0.1, 0.15) is 10.4 Å². The molecule has 1 atom stereocenters. The SMILES string of the molecule is CNNC(=O)C(C(=O)OC)N(C)C(=O)c1ccc(I)cc1. The van der Waals surface area contributed by atoms with Crippen molar-refractivity contribution in [1.82, 2.24) is 15.8 Å². The van der Waals surface area contributed by atoms with Gasteiger partial charge in [-0.2, -0.15) is 0 Å². The molecule has 1 aromatic rings. The van der Waals surface area contributed by atoms with Gasteiger partial charge in [0.15, 0.2) is 0 Å². The number of carbonyl (C=O) groups is 3. The monoisotopic (exact) mass is 405 g/mol. The first-order chi connectivity index (χ1) is 9.92. The van der Waals surface area contributed by atoms with Gasteiger partial charge in [0, 0.05) is 23.2 Å². The summed E-state index contributed by atoms with van der Waals surface area (Å²) in [6, 6.07) is 5.43. The summed E-state index contributed by atoms with van der Waals surface area (Å²) >= 11 is 2.12. The van der Waals surface area contributed by atoms with E-state index in [2.05, 4.69) is 38.2 Å². The van der Waals surface area contributed by atoms with Crippen LogP contribution in [0.5, 0.6) is 0 Å². The lowest BCUT2D eigenvalue weighted by molar-refractivity contribution is -0.150. The van der Waals surface area contributed by atoms with E-state index in [1.807, 2.05) is 0 Å². The molecule has 0 bridgehead atoms. The van der Waals surface area contributed by atoms with Crippen LogP contribution in [0.15, 0.2) is 24.3 Å². The van der Waals surface area contributed by atoms with Crippen molar-refractivity contribution < 1.29 is 19.1 Å². The van der Waals surface area contributed by atoms with Crippen LogP contribution in [0.2, 0.25) is 0 Å². The molecule has 0 aromatic heterocycles. The zero-order valence-corrected chi connectivity index (χ0v) is 14.0. The van der Waals surface area contributed by atoms with Crippen LogP contribution < -0.4 is 10.9 Å². The maximum atomic E-state index is 12.3. The van der Waals surface area contributed by atoms with Crippen LogP contribution >= 0.6 is 22.6 Å². The molecule has 2 N–H and O–H groups in total. The van der Waals surface area contributed by atoms with E-state index in [1.54, 1.807) is 24.3 Å². The number of amides is 2. The molecular formula is C13H16IN3O4. The van der Waals surface area contributed by atoms with Crippen molar-refractivity contribution in [2.75, 3.05) is 21.2 Å². The molecular weight excluding hydrogens is 389 g/mol. The molecule has 114 valence electrons.